The van der Waals surface area contributed by atoms with Crippen LogP contribution in [0, 0.1) is 12.8 Å². The van der Waals surface area contributed by atoms with Gasteiger partial charge in [0.1, 0.15) is 0 Å². The van der Waals surface area contributed by atoms with E-state index in [9.17, 15) is 9.59 Å². The van der Waals surface area contributed by atoms with Gasteiger partial charge < -0.3 is 10.2 Å². The van der Waals surface area contributed by atoms with E-state index >= 15 is 0 Å². The van der Waals surface area contributed by atoms with Crippen LogP contribution in [0.25, 0.3) is 0 Å². The molecule has 1 aromatic rings. The van der Waals surface area contributed by atoms with E-state index in [1.807, 2.05) is 0 Å². The summed E-state index contributed by atoms with van der Waals surface area (Å²) in [4.78, 5) is 24.8. The fraction of sp³-hybridized carbons (Fsp3) is 0.455. The van der Waals surface area contributed by atoms with E-state index in [-0.39, 0.29) is 19.8 Å². The Hall–Kier alpha value is -1.66. The zero-order valence-corrected chi connectivity index (χ0v) is 9.64. The van der Waals surface area contributed by atoms with Crippen LogP contribution in [0.5, 0.6) is 0 Å². The molecule has 0 saturated heterocycles. The molecule has 0 saturated carbocycles. The molecule has 6 heteroatoms. The number of aromatic nitrogens is 2. The number of H-pyrrole nitrogens is 1. The Kier molecular flexibility index (Phi) is 4.42. The van der Waals surface area contributed by atoms with Gasteiger partial charge in [-0.2, -0.15) is 0 Å². The molecule has 6 nitrogen and oxygen atoms in total. The minimum absolute atomic E-state index is 0.155. The first-order chi connectivity index (χ1) is 7.99. The summed E-state index contributed by atoms with van der Waals surface area (Å²) in [7, 11) is 0. The standard InChI is InChI=1S/C11H16N2O4/c1-7(9(5-14)6-15)3-13-4-8(2)10(16)12-11(13)17/h4,9,14-15H,1,3,5-6H2,2H3,(H,12,16,17). The summed E-state index contributed by atoms with van der Waals surface area (Å²) in [6.45, 7) is 5.00. The molecule has 0 aliphatic carbocycles. The van der Waals surface area contributed by atoms with Gasteiger partial charge in [-0.25, -0.2) is 4.79 Å². The monoisotopic (exact) mass is 240 g/mol. The Balaban J connectivity index is 2.96. The lowest BCUT2D eigenvalue weighted by atomic mass is 10.0. The molecule has 1 aromatic heterocycles. The lowest BCUT2D eigenvalue weighted by molar-refractivity contribution is 0.168. The second-order valence-corrected chi connectivity index (χ2v) is 3.92. The van der Waals surface area contributed by atoms with Crippen LogP contribution in [0.15, 0.2) is 27.9 Å². The molecule has 0 fully saturated rings. The Morgan fingerprint density at radius 3 is 2.59 bits per heavy atom. The van der Waals surface area contributed by atoms with Crippen molar-refractivity contribution < 1.29 is 10.2 Å². The third-order valence-electron chi connectivity index (χ3n) is 2.58. The highest BCUT2D eigenvalue weighted by atomic mass is 16.3. The van der Waals surface area contributed by atoms with Crippen LogP contribution < -0.4 is 11.2 Å². The van der Waals surface area contributed by atoms with Gasteiger partial charge in [0.15, 0.2) is 0 Å². The van der Waals surface area contributed by atoms with E-state index in [0.717, 1.165) is 0 Å². The van der Waals surface area contributed by atoms with Gasteiger partial charge in [-0.3, -0.25) is 14.3 Å². The first kappa shape index (κ1) is 13.4. The van der Waals surface area contributed by atoms with E-state index in [1.165, 1.54) is 10.8 Å². The van der Waals surface area contributed by atoms with E-state index in [2.05, 4.69) is 11.6 Å². The maximum absolute atomic E-state index is 11.5. The quantitative estimate of drug-likeness (QED) is 0.575. The smallest absolute Gasteiger partial charge is 0.328 e. The Bertz CT molecular complexity index is 511. The normalized spacial score (nSPS) is 10.8. The van der Waals surface area contributed by atoms with Gasteiger partial charge in [-0.15, -0.1) is 0 Å². The topological polar surface area (TPSA) is 95.3 Å². The minimum atomic E-state index is -0.531. The van der Waals surface area contributed by atoms with Crippen molar-refractivity contribution in [1.29, 1.82) is 0 Å². The minimum Gasteiger partial charge on any atom is -0.396 e. The van der Waals surface area contributed by atoms with E-state index < -0.39 is 17.2 Å². The second kappa shape index (κ2) is 5.60. The molecule has 17 heavy (non-hydrogen) atoms. The average molecular weight is 240 g/mol. The summed E-state index contributed by atoms with van der Waals surface area (Å²) in [6.07, 6.45) is 1.43. The van der Waals surface area contributed by atoms with Crippen LogP contribution >= 0.6 is 0 Å². The Labute approximate surface area is 97.9 Å². The number of aryl methyl sites for hydroxylation is 1. The zero-order chi connectivity index (χ0) is 13.0. The molecule has 0 atom stereocenters. The fourth-order valence-corrected chi connectivity index (χ4v) is 1.40. The average Bonchev–Trinajstić information content (AvgIpc) is 2.27. The molecule has 1 rings (SSSR count). The van der Waals surface area contributed by atoms with Gasteiger partial charge in [0.25, 0.3) is 5.56 Å². The Morgan fingerprint density at radius 2 is 2.06 bits per heavy atom. The van der Waals surface area contributed by atoms with Crippen molar-refractivity contribution >= 4 is 0 Å². The summed E-state index contributed by atoms with van der Waals surface area (Å²) < 4.78 is 1.29. The van der Waals surface area contributed by atoms with Crippen LogP contribution in [0.3, 0.4) is 0 Å². The first-order valence-electron chi connectivity index (χ1n) is 5.19. The molecular formula is C11H16N2O4. The van der Waals surface area contributed by atoms with E-state index in [0.29, 0.717) is 11.1 Å². The van der Waals surface area contributed by atoms with Crippen molar-refractivity contribution in [2.45, 2.75) is 13.5 Å². The van der Waals surface area contributed by atoms with Crippen molar-refractivity contribution in [2.24, 2.45) is 5.92 Å². The molecule has 0 bridgehead atoms. The first-order valence-corrected chi connectivity index (χ1v) is 5.19. The predicted molar refractivity (Wildman–Crippen MR) is 62.9 cm³/mol. The molecule has 0 aliphatic rings. The number of aliphatic hydroxyl groups is 2. The predicted octanol–water partition coefficient (Wildman–Crippen LogP) is -0.998. The molecule has 0 unspecified atom stereocenters. The van der Waals surface area contributed by atoms with Gasteiger partial charge >= 0.3 is 5.69 Å². The Morgan fingerprint density at radius 1 is 1.47 bits per heavy atom. The largest absolute Gasteiger partial charge is 0.396 e. The molecule has 3 N–H and O–H groups in total. The van der Waals surface area contributed by atoms with Gasteiger partial charge in [-0.05, 0) is 12.5 Å². The highest BCUT2D eigenvalue weighted by molar-refractivity contribution is 5.05. The van der Waals surface area contributed by atoms with Crippen molar-refractivity contribution in [1.82, 2.24) is 9.55 Å². The summed E-state index contributed by atoms with van der Waals surface area (Å²) in [5.74, 6) is -0.464. The van der Waals surface area contributed by atoms with Crippen LogP contribution in [0.2, 0.25) is 0 Å². The van der Waals surface area contributed by atoms with Crippen LogP contribution in [-0.2, 0) is 6.54 Å². The molecular weight excluding hydrogens is 224 g/mol. The second-order valence-electron chi connectivity index (χ2n) is 3.92. The number of aromatic amines is 1. The van der Waals surface area contributed by atoms with Crippen molar-refractivity contribution in [3.05, 3.63) is 44.8 Å². The SMILES string of the molecule is C=C(Cn1cc(C)c(=O)[nH]c1=O)C(CO)CO. The zero-order valence-electron chi connectivity index (χ0n) is 9.64. The molecule has 1 heterocycles. The molecule has 0 radical (unpaired) electrons. The van der Waals surface area contributed by atoms with Crippen LogP contribution in [-0.4, -0.2) is 33.0 Å². The third kappa shape index (κ3) is 3.15. The van der Waals surface area contributed by atoms with Crippen LogP contribution in [0.1, 0.15) is 5.56 Å². The van der Waals surface area contributed by atoms with Gasteiger partial charge in [-0.1, -0.05) is 6.58 Å². The summed E-state index contributed by atoms with van der Waals surface area (Å²) in [5, 5.41) is 18.0. The molecule has 0 aliphatic heterocycles. The number of nitrogens with zero attached hydrogens (tertiary/aromatic N) is 1. The maximum atomic E-state index is 11.5. The number of nitrogens with one attached hydrogen (secondary N) is 1. The molecule has 0 amide bonds. The fourth-order valence-electron chi connectivity index (χ4n) is 1.40. The lowest BCUT2D eigenvalue weighted by Gasteiger charge is -2.15. The van der Waals surface area contributed by atoms with Gasteiger partial charge in [0.2, 0.25) is 0 Å². The lowest BCUT2D eigenvalue weighted by Crippen LogP contribution is -2.32. The van der Waals surface area contributed by atoms with Crippen LogP contribution in [0.4, 0.5) is 0 Å². The number of hydrogen-bond acceptors (Lipinski definition) is 4. The molecule has 0 spiro atoms. The summed E-state index contributed by atoms with van der Waals surface area (Å²) in [6, 6.07) is 0. The number of hydrogen-bond donors (Lipinski definition) is 3. The van der Waals surface area contributed by atoms with Crippen molar-refractivity contribution in [3.63, 3.8) is 0 Å². The van der Waals surface area contributed by atoms with Gasteiger partial charge in [0.05, 0.1) is 13.2 Å². The molecule has 94 valence electrons. The number of aliphatic hydroxyl groups excluding tert-OH is 2. The van der Waals surface area contributed by atoms with Gasteiger partial charge in [0, 0.05) is 24.2 Å². The van der Waals surface area contributed by atoms with Crippen molar-refractivity contribution in [3.8, 4) is 0 Å². The summed E-state index contributed by atoms with van der Waals surface area (Å²) in [5.41, 5.74) is -0.000367. The third-order valence-corrected chi connectivity index (χ3v) is 2.58. The van der Waals surface area contributed by atoms with E-state index in [4.69, 9.17) is 10.2 Å². The van der Waals surface area contributed by atoms with E-state index in [1.54, 1.807) is 6.92 Å². The number of rotatable bonds is 5. The summed E-state index contributed by atoms with van der Waals surface area (Å²) >= 11 is 0. The molecule has 0 aromatic carbocycles. The highest BCUT2D eigenvalue weighted by Crippen LogP contribution is 2.09. The maximum Gasteiger partial charge on any atom is 0.328 e. The highest BCUT2D eigenvalue weighted by Gasteiger charge is 2.11. The van der Waals surface area contributed by atoms with Crippen molar-refractivity contribution in [2.75, 3.05) is 13.2 Å².